The molecular weight excluding hydrogens is 215 g/mol. The fourth-order valence-corrected chi connectivity index (χ4v) is 2.17. The van der Waals surface area contributed by atoms with Crippen LogP contribution in [0.15, 0.2) is 29.8 Å². The first kappa shape index (κ1) is 12.1. The van der Waals surface area contributed by atoms with Crippen molar-refractivity contribution in [3.63, 3.8) is 0 Å². The number of nitrogens with two attached hydrogens (primary N) is 1. The van der Waals surface area contributed by atoms with Gasteiger partial charge in [0.15, 0.2) is 0 Å². The van der Waals surface area contributed by atoms with Crippen LogP contribution in [0.5, 0.6) is 0 Å². The number of halogens is 1. The van der Waals surface area contributed by atoms with E-state index >= 15 is 0 Å². The van der Waals surface area contributed by atoms with Gasteiger partial charge in [-0.2, -0.15) is 0 Å². The molecule has 0 radical (unpaired) electrons. The molecule has 2 N–H and O–H groups in total. The molecule has 2 rings (SSSR count). The molecule has 0 saturated carbocycles. The molecule has 1 aromatic carbocycles. The van der Waals surface area contributed by atoms with Gasteiger partial charge in [-0.15, -0.1) is 0 Å². The summed E-state index contributed by atoms with van der Waals surface area (Å²) in [5.74, 6) is -0.218. The first-order valence-electron chi connectivity index (χ1n) is 6.03. The normalized spacial score (nSPS) is 17.9. The Labute approximate surface area is 102 Å². The minimum Gasteiger partial charge on any atom is -0.367 e. The Kier molecular flexibility index (Phi) is 3.48. The highest BCUT2D eigenvalue weighted by Crippen LogP contribution is 2.28. The molecule has 1 aliphatic rings. The second-order valence-corrected chi connectivity index (χ2v) is 4.74. The molecule has 17 heavy (non-hydrogen) atoms. The Morgan fingerprint density at radius 1 is 1.41 bits per heavy atom. The quantitative estimate of drug-likeness (QED) is 0.797. The Balaban J connectivity index is 2.32. The molecule has 2 nitrogen and oxygen atoms in total. The maximum atomic E-state index is 13.3. The van der Waals surface area contributed by atoms with Crippen molar-refractivity contribution in [3.8, 4) is 0 Å². The smallest absolute Gasteiger partial charge is 0.123 e. The molecule has 1 unspecified atom stereocenters. The van der Waals surface area contributed by atoms with Crippen LogP contribution in [0.2, 0.25) is 0 Å². The fourth-order valence-electron chi connectivity index (χ4n) is 2.17. The molecular formula is C14H19FN2. The van der Waals surface area contributed by atoms with Gasteiger partial charge >= 0.3 is 0 Å². The molecule has 1 atom stereocenters. The molecule has 0 bridgehead atoms. The molecule has 3 heteroatoms. The number of benzene rings is 1. The summed E-state index contributed by atoms with van der Waals surface area (Å²) >= 11 is 0. The minimum atomic E-state index is -0.218. The molecule has 0 amide bonds. The topological polar surface area (TPSA) is 29.3 Å². The zero-order chi connectivity index (χ0) is 12.4. The predicted molar refractivity (Wildman–Crippen MR) is 69.6 cm³/mol. The van der Waals surface area contributed by atoms with E-state index in [1.807, 2.05) is 13.0 Å². The lowest BCUT2D eigenvalue weighted by Gasteiger charge is -2.30. The van der Waals surface area contributed by atoms with E-state index in [9.17, 15) is 4.39 Å². The minimum absolute atomic E-state index is 0.146. The highest BCUT2D eigenvalue weighted by atomic mass is 19.1. The highest BCUT2D eigenvalue weighted by Gasteiger charge is 2.16. The highest BCUT2D eigenvalue weighted by molar-refractivity contribution is 5.56. The number of rotatable bonds is 2. The third kappa shape index (κ3) is 2.67. The third-order valence-electron chi connectivity index (χ3n) is 3.26. The van der Waals surface area contributed by atoms with Crippen molar-refractivity contribution in [3.05, 3.63) is 41.2 Å². The van der Waals surface area contributed by atoms with E-state index in [2.05, 4.69) is 17.9 Å². The molecule has 1 aliphatic heterocycles. The van der Waals surface area contributed by atoms with Crippen LogP contribution >= 0.6 is 0 Å². The zero-order valence-electron chi connectivity index (χ0n) is 10.4. The summed E-state index contributed by atoms with van der Waals surface area (Å²) in [5.41, 5.74) is 9.28. The molecule has 0 aliphatic carbocycles. The summed E-state index contributed by atoms with van der Waals surface area (Å²) in [6.07, 6.45) is 3.29. The van der Waals surface area contributed by atoms with Gasteiger partial charge in [0.05, 0.1) is 0 Å². The Morgan fingerprint density at radius 3 is 2.76 bits per heavy atom. The van der Waals surface area contributed by atoms with Crippen LogP contribution in [0, 0.1) is 5.82 Å². The number of anilines is 1. The summed E-state index contributed by atoms with van der Waals surface area (Å²) in [7, 11) is 0. The van der Waals surface area contributed by atoms with Gasteiger partial charge in [0, 0.05) is 24.8 Å². The summed E-state index contributed by atoms with van der Waals surface area (Å²) in [6, 6.07) is 4.74. The van der Waals surface area contributed by atoms with Crippen molar-refractivity contribution in [1.29, 1.82) is 0 Å². The summed E-state index contributed by atoms with van der Waals surface area (Å²) in [5, 5.41) is 0. The van der Waals surface area contributed by atoms with Gasteiger partial charge in [-0.05, 0) is 44.0 Å². The van der Waals surface area contributed by atoms with Gasteiger partial charge in [0.25, 0.3) is 0 Å². The lowest BCUT2D eigenvalue weighted by molar-refractivity contribution is 0.621. The lowest BCUT2D eigenvalue weighted by atomic mass is 10.0. The number of hydrogen-bond acceptors (Lipinski definition) is 2. The predicted octanol–water partition coefficient (Wildman–Crippen LogP) is 3.00. The van der Waals surface area contributed by atoms with E-state index < -0.39 is 0 Å². The van der Waals surface area contributed by atoms with E-state index in [0.29, 0.717) is 0 Å². The van der Waals surface area contributed by atoms with Crippen molar-refractivity contribution >= 4 is 5.69 Å². The van der Waals surface area contributed by atoms with Crippen LogP contribution in [-0.2, 0) is 0 Å². The van der Waals surface area contributed by atoms with Crippen LogP contribution in [0.4, 0.5) is 10.1 Å². The van der Waals surface area contributed by atoms with E-state index in [1.54, 1.807) is 6.07 Å². The lowest BCUT2D eigenvalue weighted by Crippen LogP contribution is -2.29. The first-order valence-corrected chi connectivity index (χ1v) is 6.03. The Morgan fingerprint density at radius 2 is 2.18 bits per heavy atom. The van der Waals surface area contributed by atoms with Crippen LogP contribution in [0.25, 0.3) is 0 Å². The SMILES string of the molecule is CC1=CCN(c2ccc(F)cc2C(C)N)CC1. The maximum absolute atomic E-state index is 13.3. The van der Waals surface area contributed by atoms with E-state index in [0.717, 1.165) is 30.8 Å². The van der Waals surface area contributed by atoms with Gasteiger partial charge in [-0.25, -0.2) is 4.39 Å². The van der Waals surface area contributed by atoms with Crippen molar-refractivity contribution in [2.45, 2.75) is 26.3 Å². The summed E-state index contributed by atoms with van der Waals surface area (Å²) < 4.78 is 13.3. The van der Waals surface area contributed by atoms with Crippen LogP contribution in [0.3, 0.4) is 0 Å². The van der Waals surface area contributed by atoms with Crippen LogP contribution < -0.4 is 10.6 Å². The average Bonchev–Trinajstić information content (AvgIpc) is 2.30. The molecule has 1 aromatic rings. The van der Waals surface area contributed by atoms with Crippen molar-refractivity contribution < 1.29 is 4.39 Å². The monoisotopic (exact) mass is 234 g/mol. The second-order valence-electron chi connectivity index (χ2n) is 4.74. The van der Waals surface area contributed by atoms with E-state index in [1.165, 1.54) is 11.6 Å². The van der Waals surface area contributed by atoms with Gasteiger partial charge < -0.3 is 10.6 Å². The standard InChI is InChI=1S/C14H19FN2/c1-10-5-7-17(8-6-10)14-4-3-12(15)9-13(14)11(2)16/h3-5,9,11H,6-8,16H2,1-2H3. The molecule has 0 saturated heterocycles. The molecule has 1 heterocycles. The number of hydrogen-bond donors (Lipinski definition) is 1. The maximum Gasteiger partial charge on any atom is 0.123 e. The van der Waals surface area contributed by atoms with Crippen molar-refractivity contribution in [1.82, 2.24) is 0 Å². The molecule has 0 aromatic heterocycles. The fraction of sp³-hybridized carbons (Fsp3) is 0.429. The molecule has 0 fully saturated rings. The average molecular weight is 234 g/mol. The summed E-state index contributed by atoms with van der Waals surface area (Å²) in [6.45, 7) is 5.91. The number of nitrogens with zero attached hydrogens (tertiary/aromatic N) is 1. The Bertz CT molecular complexity index is 438. The van der Waals surface area contributed by atoms with Crippen molar-refractivity contribution in [2.24, 2.45) is 5.73 Å². The van der Waals surface area contributed by atoms with E-state index in [4.69, 9.17) is 5.73 Å². The van der Waals surface area contributed by atoms with Gasteiger partial charge in [-0.1, -0.05) is 11.6 Å². The van der Waals surface area contributed by atoms with Gasteiger partial charge in [0.1, 0.15) is 5.82 Å². The molecule has 92 valence electrons. The molecule has 0 spiro atoms. The Hall–Kier alpha value is -1.35. The summed E-state index contributed by atoms with van der Waals surface area (Å²) in [4.78, 5) is 2.26. The van der Waals surface area contributed by atoms with Crippen LogP contribution in [-0.4, -0.2) is 13.1 Å². The third-order valence-corrected chi connectivity index (χ3v) is 3.26. The van der Waals surface area contributed by atoms with E-state index in [-0.39, 0.29) is 11.9 Å². The first-order chi connectivity index (χ1) is 8.08. The zero-order valence-corrected chi connectivity index (χ0v) is 10.4. The van der Waals surface area contributed by atoms with Gasteiger partial charge in [0.2, 0.25) is 0 Å². The van der Waals surface area contributed by atoms with Gasteiger partial charge in [-0.3, -0.25) is 0 Å². The second kappa shape index (κ2) is 4.88. The van der Waals surface area contributed by atoms with Crippen LogP contribution in [0.1, 0.15) is 31.9 Å². The van der Waals surface area contributed by atoms with Crippen molar-refractivity contribution in [2.75, 3.05) is 18.0 Å². The largest absolute Gasteiger partial charge is 0.367 e.